The molecule has 3 rings (SSSR count). The number of hydrogen-bond donors (Lipinski definition) is 0. The van der Waals surface area contributed by atoms with Crippen LogP contribution in [0.4, 0.5) is 30.7 Å². The van der Waals surface area contributed by atoms with E-state index in [-0.39, 0.29) is 31.8 Å². The summed E-state index contributed by atoms with van der Waals surface area (Å²) in [6.45, 7) is -1.70. The van der Waals surface area contributed by atoms with Crippen LogP contribution >= 0.6 is 0 Å². The number of hydrogen-bond acceptors (Lipinski definition) is 4. The van der Waals surface area contributed by atoms with Crippen molar-refractivity contribution in [2.45, 2.75) is 29.7 Å². The number of benzene rings is 2. The molecule has 0 saturated heterocycles. The number of nitrogens with zero attached hydrogens (tertiary/aromatic N) is 2. The summed E-state index contributed by atoms with van der Waals surface area (Å²) in [4.78, 5) is 13.0. The number of sulfone groups is 1. The Morgan fingerprint density at radius 2 is 1.47 bits per heavy atom. The highest BCUT2D eigenvalue weighted by Gasteiger charge is 2.63. The number of alkyl halides is 6. The minimum Gasteiger partial charge on any atom is -0.267 e. The summed E-state index contributed by atoms with van der Waals surface area (Å²) in [6.07, 6.45) is -8.08. The molecular formula is C21H15F7N2O3S. The van der Waals surface area contributed by atoms with Crippen LogP contribution in [0.15, 0.2) is 64.4 Å². The molecule has 0 aliphatic heterocycles. The average molecular weight is 508 g/mol. The molecule has 0 radical (unpaired) electrons. The second-order valence-electron chi connectivity index (χ2n) is 7.31. The zero-order valence-electron chi connectivity index (χ0n) is 17.2. The van der Waals surface area contributed by atoms with Crippen molar-refractivity contribution in [1.82, 2.24) is 9.78 Å². The Morgan fingerprint density at radius 3 is 1.97 bits per heavy atom. The molecule has 0 spiro atoms. The van der Waals surface area contributed by atoms with E-state index in [0.717, 1.165) is 36.7 Å². The van der Waals surface area contributed by atoms with E-state index in [1.807, 2.05) is 0 Å². The normalized spacial score (nSPS) is 13.6. The van der Waals surface area contributed by atoms with Gasteiger partial charge in [-0.25, -0.2) is 21.9 Å². The molecule has 0 N–H and O–H groups in total. The fourth-order valence-corrected chi connectivity index (χ4v) is 3.69. The van der Waals surface area contributed by atoms with Gasteiger partial charge in [-0.15, -0.1) is 0 Å². The second kappa shape index (κ2) is 8.85. The Morgan fingerprint density at radius 1 is 0.941 bits per heavy atom. The van der Waals surface area contributed by atoms with Crippen molar-refractivity contribution in [3.8, 4) is 22.3 Å². The van der Waals surface area contributed by atoms with Crippen molar-refractivity contribution >= 4 is 9.84 Å². The summed E-state index contributed by atoms with van der Waals surface area (Å²) in [6, 6.07) is 9.36. The van der Waals surface area contributed by atoms with Crippen LogP contribution in [0.5, 0.6) is 0 Å². The smallest absolute Gasteiger partial charge is 0.267 e. The molecule has 13 heteroatoms. The molecule has 34 heavy (non-hydrogen) atoms. The van der Waals surface area contributed by atoms with E-state index in [0.29, 0.717) is 0 Å². The quantitative estimate of drug-likeness (QED) is 0.455. The van der Waals surface area contributed by atoms with Gasteiger partial charge >= 0.3 is 12.1 Å². The summed E-state index contributed by atoms with van der Waals surface area (Å²) in [5, 5.41) is 3.54. The van der Waals surface area contributed by atoms with E-state index in [1.165, 1.54) is 24.3 Å². The van der Waals surface area contributed by atoms with Gasteiger partial charge in [0.15, 0.2) is 16.0 Å². The molecule has 182 valence electrons. The minimum absolute atomic E-state index is 0.0332. The molecule has 0 saturated carbocycles. The third-order valence-corrected chi connectivity index (χ3v) is 6.00. The Balaban J connectivity index is 2.16. The topological polar surface area (TPSA) is 69.0 Å². The molecule has 1 heterocycles. The van der Waals surface area contributed by atoms with Gasteiger partial charge in [0.2, 0.25) is 0 Å². The van der Waals surface area contributed by atoms with Gasteiger partial charge in [-0.1, -0.05) is 24.3 Å². The van der Waals surface area contributed by atoms with Gasteiger partial charge in [0, 0.05) is 11.8 Å². The molecule has 5 nitrogen and oxygen atoms in total. The Hall–Kier alpha value is -3.22. The monoisotopic (exact) mass is 508 g/mol. The van der Waals surface area contributed by atoms with Gasteiger partial charge in [-0.2, -0.15) is 27.1 Å². The van der Waals surface area contributed by atoms with Crippen molar-refractivity contribution in [3.63, 3.8) is 0 Å². The molecule has 0 aliphatic carbocycles. The van der Waals surface area contributed by atoms with Gasteiger partial charge in [0.05, 0.1) is 23.2 Å². The van der Waals surface area contributed by atoms with Crippen molar-refractivity contribution in [2.75, 3.05) is 6.26 Å². The lowest BCUT2D eigenvalue weighted by Crippen LogP contribution is -2.48. The first-order valence-corrected chi connectivity index (χ1v) is 11.3. The lowest BCUT2D eigenvalue weighted by Gasteiger charge is -2.23. The maximum absolute atomic E-state index is 13.9. The van der Waals surface area contributed by atoms with Gasteiger partial charge in [0.25, 0.3) is 5.56 Å². The van der Waals surface area contributed by atoms with Crippen LogP contribution < -0.4 is 5.56 Å². The molecular weight excluding hydrogens is 493 g/mol. The number of aromatic nitrogens is 2. The largest absolute Gasteiger partial charge is 0.456 e. The molecule has 3 aromatic rings. The maximum atomic E-state index is 13.9. The van der Waals surface area contributed by atoms with Gasteiger partial charge in [0.1, 0.15) is 5.82 Å². The van der Waals surface area contributed by atoms with Gasteiger partial charge < -0.3 is 0 Å². The van der Waals surface area contributed by atoms with Crippen LogP contribution in [0.25, 0.3) is 22.3 Å². The molecule has 0 fully saturated rings. The predicted octanol–water partition coefficient (Wildman–Crippen LogP) is 4.66. The van der Waals surface area contributed by atoms with E-state index in [4.69, 9.17) is 0 Å². The number of rotatable bonds is 6. The SMILES string of the molecule is CS(=O)(=O)c1ccc(-c2cnn(C[C@@H](F)C(F)(F)C(F)(F)F)c(=O)c2-c2ccc(F)cc2)cc1. The predicted molar refractivity (Wildman–Crippen MR) is 108 cm³/mol. The molecule has 0 aliphatic rings. The third kappa shape index (κ3) is 4.98. The lowest BCUT2D eigenvalue weighted by molar-refractivity contribution is -0.304. The van der Waals surface area contributed by atoms with Crippen LogP contribution in [0.1, 0.15) is 0 Å². The second-order valence-corrected chi connectivity index (χ2v) is 9.33. The summed E-state index contributed by atoms with van der Waals surface area (Å²) in [5.74, 6) is -6.41. The molecule has 1 atom stereocenters. The van der Waals surface area contributed by atoms with Crippen molar-refractivity contribution in [1.29, 1.82) is 0 Å². The first-order valence-electron chi connectivity index (χ1n) is 9.38. The summed E-state index contributed by atoms with van der Waals surface area (Å²) in [7, 11) is -3.55. The first kappa shape index (κ1) is 25.4. The fraction of sp³-hybridized carbons (Fsp3) is 0.238. The van der Waals surface area contributed by atoms with Gasteiger partial charge in [-0.05, 0) is 35.4 Å². The highest BCUT2D eigenvalue weighted by Crippen LogP contribution is 2.40. The highest BCUT2D eigenvalue weighted by atomic mass is 32.2. The van der Waals surface area contributed by atoms with Crippen LogP contribution in [0, 0.1) is 5.82 Å². The Bertz CT molecular complexity index is 1350. The van der Waals surface area contributed by atoms with E-state index in [2.05, 4.69) is 5.10 Å². The zero-order valence-corrected chi connectivity index (χ0v) is 18.0. The van der Waals surface area contributed by atoms with Crippen LogP contribution in [-0.2, 0) is 16.4 Å². The molecule has 2 aromatic carbocycles. The lowest BCUT2D eigenvalue weighted by atomic mass is 9.97. The maximum Gasteiger partial charge on any atom is 0.456 e. The van der Waals surface area contributed by atoms with Crippen molar-refractivity contribution < 1.29 is 39.2 Å². The fourth-order valence-electron chi connectivity index (χ4n) is 3.06. The van der Waals surface area contributed by atoms with Crippen LogP contribution in [-0.4, -0.2) is 42.7 Å². The molecule has 0 bridgehead atoms. The third-order valence-electron chi connectivity index (χ3n) is 4.87. The molecule has 1 aromatic heterocycles. The van der Waals surface area contributed by atoms with Crippen LogP contribution in [0.3, 0.4) is 0 Å². The average Bonchev–Trinajstić information content (AvgIpc) is 2.74. The van der Waals surface area contributed by atoms with E-state index in [9.17, 15) is 43.9 Å². The first-order chi connectivity index (χ1) is 15.6. The van der Waals surface area contributed by atoms with E-state index >= 15 is 0 Å². The zero-order chi connectivity index (χ0) is 25.5. The summed E-state index contributed by atoms with van der Waals surface area (Å²) in [5.41, 5.74) is -1.18. The van der Waals surface area contributed by atoms with E-state index in [1.54, 1.807) is 0 Å². The van der Waals surface area contributed by atoms with Gasteiger partial charge in [-0.3, -0.25) is 4.79 Å². The Kier molecular flexibility index (Phi) is 6.62. The summed E-state index contributed by atoms with van der Waals surface area (Å²) < 4.78 is 115. The highest BCUT2D eigenvalue weighted by molar-refractivity contribution is 7.90. The number of halogens is 7. The Labute approximate surface area is 188 Å². The van der Waals surface area contributed by atoms with Crippen molar-refractivity contribution in [3.05, 3.63) is 70.9 Å². The van der Waals surface area contributed by atoms with Crippen molar-refractivity contribution in [2.24, 2.45) is 0 Å². The summed E-state index contributed by atoms with van der Waals surface area (Å²) >= 11 is 0. The van der Waals surface area contributed by atoms with Crippen LogP contribution in [0.2, 0.25) is 0 Å². The minimum atomic E-state index is -6.18. The molecule has 0 unspecified atom stereocenters. The standard InChI is InChI=1S/C21H15F7N2O3S/c1-34(32,33)15-8-4-12(5-9-15)16-10-29-30(11-17(23)20(24,25)21(26,27)28)19(31)18(16)13-2-6-14(22)7-3-13/h2-10,17H,11H2,1H3/t17-/m1/s1. The molecule has 0 amide bonds. The van der Waals surface area contributed by atoms with E-state index < -0.39 is 46.0 Å².